The quantitative estimate of drug-likeness (QED) is 0.324. The molecule has 1 fully saturated rings. The van der Waals surface area contributed by atoms with Crippen LogP contribution in [0.1, 0.15) is 18.9 Å². The number of hydrogen-bond acceptors (Lipinski definition) is 5. The number of nitrogens with one attached hydrogen (secondary N) is 1. The molecule has 2 heterocycles. The van der Waals surface area contributed by atoms with Gasteiger partial charge in [0, 0.05) is 0 Å². The van der Waals surface area contributed by atoms with E-state index in [0.717, 1.165) is 8.25 Å². The van der Waals surface area contributed by atoms with Crippen LogP contribution in [-0.2, 0) is 9.59 Å². The molecule has 1 aromatic carbocycles. The Hall–Kier alpha value is -1.84. The molecule has 7 nitrogen and oxygen atoms in total. The van der Waals surface area contributed by atoms with Gasteiger partial charge in [-0.05, 0) is 0 Å². The fourth-order valence-corrected chi connectivity index (χ4v) is 3.43. The molecule has 0 bridgehead atoms. The Balaban J connectivity index is 2.11. The second-order valence-corrected chi connectivity index (χ2v) is 6.98. The van der Waals surface area contributed by atoms with Crippen molar-refractivity contribution in [2.45, 2.75) is 18.9 Å². The van der Waals surface area contributed by atoms with Crippen LogP contribution in [0.5, 0.6) is 0 Å². The first-order valence-corrected chi connectivity index (χ1v) is 9.56. The zero-order chi connectivity index (χ0) is 15.0. The van der Waals surface area contributed by atoms with Crippen LogP contribution < -0.4 is 32.1 Å². The first kappa shape index (κ1) is 14.1. The number of hydrogen-bond donors (Lipinski definition) is 1. The molecule has 1 saturated heterocycles. The zero-order valence-electron chi connectivity index (χ0n) is 11.2. The molecule has 1 atom stereocenters. The van der Waals surface area contributed by atoms with Crippen LogP contribution in [0.2, 0.25) is 0 Å². The summed E-state index contributed by atoms with van der Waals surface area (Å²) in [6.45, 7) is 0. The second kappa shape index (κ2) is 5.51. The Morgan fingerprint density at radius 3 is 2.86 bits per heavy atom. The Labute approximate surface area is 130 Å². The number of fused-ring (bicyclic) bond motifs is 1. The predicted octanol–water partition coefficient (Wildman–Crippen LogP) is -3.34. The summed E-state index contributed by atoms with van der Waals surface area (Å²) in [6.07, 6.45) is 0.466. The molecular formula is C13H12IN4O3-. The maximum atomic E-state index is 12.5. The van der Waals surface area contributed by atoms with Gasteiger partial charge in [0.1, 0.15) is 0 Å². The molecule has 21 heavy (non-hydrogen) atoms. The summed E-state index contributed by atoms with van der Waals surface area (Å²) in [4.78, 5) is 37.7. The average molecular weight is 399 g/mol. The summed E-state index contributed by atoms with van der Waals surface area (Å²) in [6, 6.07) is 4.77. The molecule has 2 aromatic rings. The van der Waals surface area contributed by atoms with E-state index in [1.807, 2.05) is 12.1 Å². The number of carbonyl (C=O) groups is 2. The van der Waals surface area contributed by atoms with Gasteiger partial charge in [0.05, 0.1) is 0 Å². The number of nitrogens with zero attached hydrogens (tertiary/aromatic N) is 3. The van der Waals surface area contributed by atoms with E-state index >= 15 is 0 Å². The van der Waals surface area contributed by atoms with Gasteiger partial charge >= 0.3 is 130 Å². The van der Waals surface area contributed by atoms with Crippen LogP contribution >= 0.6 is 0 Å². The number of aromatic nitrogens is 3. The molecule has 110 valence electrons. The van der Waals surface area contributed by atoms with Crippen molar-refractivity contribution in [3.63, 3.8) is 0 Å². The van der Waals surface area contributed by atoms with Crippen molar-refractivity contribution in [2.75, 3.05) is 4.93 Å². The first-order valence-electron chi connectivity index (χ1n) is 6.32. The van der Waals surface area contributed by atoms with E-state index in [1.165, 1.54) is 0 Å². The predicted molar refractivity (Wildman–Crippen MR) is 69.8 cm³/mol. The van der Waals surface area contributed by atoms with Crippen molar-refractivity contribution in [3.05, 3.63) is 32.1 Å². The van der Waals surface area contributed by atoms with E-state index in [2.05, 4.69) is 20.6 Å². The van der Waals surface area contributed by atoms with Gasteiger partial charge < -0.3 is 0 Å². The molecule has 8 heteroatoms. The summed E-state index contributed by atoms with van der Waals surface area (Å²) in [5.41, 5.74) is 0.179. The fraction of sp³-hybridized carbons (Fsp3) is 0.308. The van der Waals surface area contributed by atoms with Crippen molar-refractivity contribution in [2.24, 2.45) is 0 Å². The van der Waals surface area contributed by atoms with Gasteiger partial charge in [-0.25, -0.2) is 0 Å². The first-order chi connectivity index (χ1) is 10.1. The number of benzene rings is 1. The molecule has 0 aliphatic carbocycles. The fourth-order valence-electron chi connectivity index (χ4n) is 2.26. The number of rotatable bonds is 2. The third kappa shape index (κ3) is 2.55. The van der Waals surface area contributed by atoms with Gasteiger partial charge in [0.15, 0.2) is 0 Å². The van der Waals surface area contributed by atoms with Gasteiger partial charge in [0.2, 0.25) is 0 Å². The molecule has 1 aliphatic heterocycles. The number of imide groups is 1. The number of carbonyl (C=O) groups excluding carboxylic acids is 2. The molecule has 1 aromatic heterocycles. The molecule has 2 amide bonds. The summed E-state index contributed by atoms with van der Waals surface area (Å²) in [5, 5.41) is 10.6. The summed E-state index contributed by atoms with van der Waals surface area (Å²) in [5.74, 6) is -0.822. The van der Waals surface area contributed by atoms with Crippen molar-refractivity contribution in [1.29, 1.82) is 0 Å². The van der Waals surface area contributed by atoms with Gasteiger partial charge in [-0.15, -0.1) is 0 Å². The third-order valence-electron chi connectivity index (χ3n) is 3.37. The normalized spacial score (nSPS) is 19.0. The van der Waals surface area contributed by atoms with Crippen molar-refractivity contribution >= 4 is 22.7 Å². The Kier molecular flexibility index (Phi) is 3.70. The number of piperidine rings is 1. The van der Waals surface area contributed by atoms with E-state index in [1.54, 1.807) is 6.07 Å². The van der Waals surface area contributed by atoms with Gasteiger partial charge in [-0.3, -0.25) is 0 Å². The monoisotopic (exact) mass is 399 g/mol. The number of alkyl halides is 1. The van der Waals surface area contributed by atoms with Gasteiger partial charge in [-0.1, -0.05) is 0 Å². The standard InChI is InChI=1S/C13H12IN4O3/c1-14-7-2-3-9-8(6-7)13(21)18(17-16-9)10-4-5-11(19)15-12(10)20/h2-3,6,10H,4-5H2,1H3,(H,15,19,20)/q-1/t10-/m1/s1. The van der Waals surface area contributed by atoms with Crippen LogP contribution in [0.3, 0.4) is 0 Å². The molecule has 0 radical (unpaired) electrons. The van der Waals surface area contributed by atoms with Crippen LogP contribution in [0.25, 0.3) is 10.9 Å². The maximum absolute atomic E-state index is 12.5. The Bertz CT molecular complexity index is 802. The topological polar surface area (TPSA) is 93.9 Å². The van der Waals surface area contributed by atoms with E-state index in [9.17, 15) is 14.4 Å². The minimum absolute atomic E-state index is 0.139. The Morgan fingerprint density at radius 1 is 1.33 bits per heavy atom. The Morgan fingerprint density at radius 2 is 2.14 bits per heavy atom. The molecule has 3 rings (SSSR count). The van der Waals surface area contributed by atoms with Crippen molar-refractivity contribution in [1.82, 2.24) is 20.3 Å². The minimum atomic E-state index is -0.771. The molecule has 1 N–H and O–H groups in total. The number of halogens is 1. The average Bonchev–Trinajstić information content (AvgIpc) is 2.48. The van der Waals surface area contributed by atoms with E-state index < -0.39 is 11.9 Å². The summed E-state index contributed by atoms with van der Waals surface area (Å²) in [7, 11) is 0. The zero-order valence-corrected chi connectivity index (χ0v) is 13.3. The van der Waals surface area contributed by atoms with E-state index in [4.69, 9.17) is 0 Å². The van der Waals surface area contributed by atoms with Crippen LogP contribution in [0, 0.1) is 3.57 Å². The van der Waals surface area contributed by atoms with Crippen LogP contribution in [0.15, 0.2) is 23.0 Å². The van der Waals surface area contributed by atoms with Crippen LogP contribution in [-0.4, -0.2) is 31.7 Å². The van der Waals surface area contributed by atoms with Gasteiger partial charge in [0.25, 0.3) is 0 Å². The SMILES string of the molecule is C[I-]c1ccc2nnn([C@@H]3CCC(=O)NC3=O)c(=O)c2c1. The van der Waals surface area contributed by atoms with Crippen LogP contribution in [0.4, 0.5) is 0 Å². The van der Waals surface area contributed by atoms with Crippen molar-refractivity contribution < 1.29 is 30.8 Å². The molecular weight excluding hydrogens is 387 g/mol. The van der Waals surface area contributed by atoms with E-state index in [-0.39, 0.29) is 45.5 Å². The van der Waals surface area contributed by atoms with Gasteiger partial charge in [-0.2, -0.15) is 0 Å². The third-order valence-corrected chi connectivity index (χ3v) is 5.29. The molecule has 0 unspecified atom stereocenters. The molecule has 0 saturated carbocycles. The number of amides is 2. The molecule has 1 aliphatic rings. The summed E-state index contributed by atoms with van der Waals surface area (Å²) >= 11 is -0.139. The summed E-state index contributed by atoms with van der Waals surface area (Å²) < 4.78 is 2.21. The second-order valence-electron chi connectivity index (χ2n) is 4.66. The van der Waals surface area contributed by atoms with Crippen molar-refractivity contribution in [3.8, 4) is 0 Å². The van der Waals surface area contributed by atoms with E-state index in [0.29, 0.717) is 10.9 Å². The molecule has 0 spiro atoms.